The topological polar surface area (TPSA) is 34.1 Å². The highest BCUT2D eigenvalue weighted by Crippen LogP contribution is 2.31. The molecule has 13 heavy (non-hydrogen) atoms. The van der Waals surface area contributed by atoms with Gasteiger partial charge in [0.05, 0.1) is 18.2 Å². The van der Waals surface area contributed by atoms with E-state index in [1.807, 2.05) is 6.20 Å². The number of nitrogens with one attached hydrogen (secondary N) is 1. The van der Waals surface area contributed by atoms with E-state index in [1.165, 1.54) is 17.1 Å². The lowest BCUT2D eigenvalue weighted by Crippen LogP contribution is -2.48. The third-order valence-corrected chi connectivity index (χ3v) is 3.01. The van der Waals surface area contributed by atoms with Crippen LogP contribution in [-0.4, -0.2) is 23.1 Å². The average Bonchev–Trinajstić information content (AvgIpc) is 2.55. The van der Waals surface area contributed by atoms with Gasteiger partial charge in [-0.15, -0.1) is 0 Å². The molecular weight excluding hydrogens is 184 g/mol. The van der Waals surface area contributed by atoms with Crippen molar-refractivity contribution in [3.63, 3.8) is 0 Å². The first-order valence-electron chi connectivity index (χ1n) is 4.47. The van der Waals surface area contributed by atoms with E-state index in [0.717, 1.165) is 13.2 Å². The fourth-order valence-corrected chi connectivity index (χ4v) is 2.28. The molecule has 2 heterocycles. The van der Waals surface area contributed by atoms with E-state index in [4.69, 9.17) is 4.74 Å². The lowest BCUT2D eigenvalue weighted by atomic mass is 9.93. The van der Waals surface area contributed by atoms with Gasteiger partial charge in [0.2, 0.25) is 0 Å². The highest BCUT2D eigenvalue weighted by Gasteiger charge is 2.34. The van der Waals surface area contributed by atoms with Gasteiger partial charge in [0.25, 0.3) is 0 Å². The summed E-state index contributed by atoms with van der Waals surface area (Å²) >= 11 is 1.49. The van der Waals surface area contributed by atoms with Crippen molar-refractivity contribution in [2.75, 3.05) is 13.2 Å². The van der Waals surface area contributed by atoms with Gasteiger partial charge >= 0.3 is 0 Å². The van der Waals surface area contributed by atoms with Gasteiger partial charge in [-0.25, -0.2) is 4.37 Å². The molecule has 0 aliphatic carbocycles. The van der Waals surface area contributed by atoms with Gasteiger partial charge in [0.15, 0.2) is 0 Å². The Morgan fingerprint density at radius 2 is 2.54 bits per heavy atom. The van der Waals surface area contributed by atoms with E-state index in [0.29, 0.717) is 0 Å². The molecule has 1 N–H and O–H groups in total. The molecule has 0 aromatic carbocycles. The van der Waals surface area contributed by atoms with Gasteiger partial charge < -0.3 is 10.1 Å². The van der Waals surface area contributed by atoms with Crippen molar-refractivity contribution in [1.29, 1.82) is 0 Å². The van der Waals surface area contributed by atoms with Gasteiger partial charge in [-0.1, -0.05) is 0 Å². The fraction of sp³-hybridized carbons (Fsp3) is 0.667. The van der Waals surface area contributed by atoms with Gasteiger partial charge in [0, 0.05) is 23.7 Å². The second kappa shape index (κ2) is 3.36. The molecule has 3 nitrogen and oxygen atoms in total. The van der Waals surface area contributed by atoms with Gasteiger partial charge in [-0.2, -0.15) is 0 Å². The first-order valence-corrected chi connectivity index (χ1v) is 5.30. The maximum absolute atomic E-state index is 5.72. The number of hydrogen-bond acceptors (Lipinski definition) is 4. The Balaban J connectivity index is 2.21. The molecular formula is C9H14N2OS. The fourth-order valence-electron chi connectivity index (χ4n) is 1.72. The molecule has 0 radical (unpaired) electrons. The van der Waals surface area contributed by atoms with Crippen LogP contribution < -0.4 is 5.32 Å². The third kappa shape index (κ3) is 1.75. The molecule has 1 saturated heterocycles. The number of aromatic nitrogens is 1. The number of morpholine rings is 1. The summed E-state index contributed by atoms with van der Waals surface area (Å²) in [4.78, 5) is 0. The zero-order chi connectivity index (χ0) is 9.31. The maximum atomic E-state index is 5.72. The summed E-state index contributed by atoms with van der Waals surface area (Å²) < 4.78 is 9.83. The Kier molecular flexibility index (Phi) is 2.36. The van der Waals surface area contributed by atoms with Crippen LogP contribution in [0.2, 0.25) is 0 Å². The lowest BCUT2D eigenvalue weighted by Gasteiger charge is -2.38. The van der Waals surface area contributed by atoms with Crippen molar-refractivity contribution < 1.29 is 4.74 Å². The Bertz CT molecular complexity index is 271. The third-order valence-electron chi connectivity index (χ3n) is 2.40. The molecule has 2 rings (SSSR count). The van der Waals surface area contributed by atoms with Crippen molar-refractivity contribution in [1.82, 2.24) is 9.69 Å². The summed E-state index contributed by atoms with van der Waals surface area (Å²) in [6, 6.07) is 0.278. The minimum atomic E-state index is -0.124. The van der Waals surface area contributed by atoms with Crippen molar-refractivity contribution in [2.24, 2.45) is 0 Å². The van der Waals surface area contributed by atoms with Crippen LogP contribution in [0.1, 0.15) is 25.5 Å². The van der Waals surface area contributed by atoms with Crippen LogP contribution in [0.5, 0.6) is 0 Å². The molecule has 1 unspecified atom stereocenters. The zero-order valence-electron chi connectivity index (χ0n) is 7.91. The smallest absolute Gasteiger partial charge is 0.0821 e. The minimum Gasteiger partial charge on any atom is -0.372 e. The predicted molar refractivity (Wildman–Crippen MR) is 52.9 cm³/mol. The largest absolute Gasteiger partial charge is 0.372 e. The van der Waals surface area contributed by atoms with Crippen LogP contribution in [0.15, 0.2) is 11.6 Å². The molecule has 1 aromatic rings. The molecule has 4 heteroatoms. The molecule has 0 saturated carbocycles. The number of rotatable bonds is 1. The molecule has 1 aliphatic rings. The number of ether oxygens (including phenoxy) is 1. The molecule has 1 atom stereocenters. The van der Waals surface area contributed by atoms with Crippen molar-refractivity contribution in [3.8, 4) is 0 Å². The van der Waals surface area contributed by atoms with Crippen LogP contribution in [0, 0.1) is 0 Å². The first kappa shape index (κ1) is 9.12. The Morgan fingerprint density at radius 3 is 3.15 bits per heavy atom. The van der Waals surface area contributed by atoms with Crippen LogP contribution >= 0.6 is 11.5 Å². The van der Waals surface area contributed by atoms with Crippen LogP contribution in [0.3, 0.4) is 0 Å². The van der Waals surface area contributed by atoms with Gasteiger partial charge in [-0.05, 0) is 25.4 Å². The summed E-state index contributed by atoms with van der Waals surface area (Å²) in [6.45, 7) is 5.94. The van der Waals surface area contributed by atoms with Gasteiger partial charge in [0.1, 0.15) is 0 Å². The van der Waals surface area contributed by atoms with Crippen molar-refractivity contribution >= 4 is 11.5 Å². The lowest BCUT2D eigenvalue weighted by molar-refractivity contribution is -0.0721. The second-order valence-corrected chi connectivity index (χ2v) is 4.45. The summed E-state index contributed by atoms with van der Waals surface area (Å²) in [5, 5.41) is 5.53. The van der Waals surface area contributed by atoms with E-state index in [9.17, 15) is 0 Å². The van der Waals surface area contributed by atoms with E-state index < -0.39 is 0 Å². The molecule has 0 spiro atoms. The van der Waals surface area contributed by atoms with E-state index in [2.05, 4.69) is 28.9 Å². The number of nitrogens with zero attached hydrogens (tertiary/aromatic N) is 1. The second-order valence-electron chi connectivity index (χ2n) is 3.80. The molecule has 0 amide bonds. The van der Waals surface area contributed by atoms with Gasteiger partial charge in [-0.3, -0.25) is 0 Å². The molecule has 72 valence electrons. The highest BCUT2D eigenvalue weighted by molar-refractivity contribution is 7.03. The Hall–Kier alpha value is -0.450. The van der Waals surface area contributed by atoms with Crippen molar-refractivity contribution in [2.45, 2.75) is 25.5 Å². The predicted octanol–water partition coefficient (Wildman–Crippen LogP) is 1.58. The Morgan fingerprint density at radius 1 is 1.69 bits per heavy atom. The monoisotopic (exact) mass is 198 g/mol. The van der Waals surface area contributed by atoms with E-state index in [-0.39, 0.29) is 11.6 Å². The summed E-state index contributed by atoms with van der Waals surface area (Å²) in [5.74, 6) is 0. The molecule has 1 fully saturated rings. The Labute approximate surface area is 82.3 Å². The summed E-state index contributed by atoms with van der Waals surface area (Å²) in [7, 11) is 0. The maximum Gasteiger partial charge on any atom is 0.0821 e. The van der Waals surface area contributed by atoms with Crippen LogP contribution in [0.25, 0.3) is 0 Å². The number of hydrogen-bond donors (Lipinski definition) is 1. The normalized spacial score (nSPS) is 27.4. The quantitative estimate of drug-likeness (QED) is 0.744. The van der Waals surface area contributed by atoms with Crippen LogP contribution in [0.4, 0.5) is 0 Å². The molecule has 0 bridgehead atoms. The average molecular weight is 198 g/mol. The summed E-state index contributed by atoms with van der Waals surface area (Å²) in [6.07, 6.45) is 1.92. The highest BCUT2D eigenvalue weighted by atomic mass is 32.1. The first-order chi connectivity index (χ1) is 6.20. The van der Waals surface area contributed by atoms with Crippen molar-refractivity contribution in [3.05, 3.63) is 17.1 Å². The van der Waals surface area contributed by atoms with E-state index >= 15 is 0 Å². The minimum absolute atomic E-state index is 0.124. The van der Waals surface area contributed by atoms with E-state index in [1.54, 1.807) is 0 Å². The SMILES string of the molecule is CC1(C)OCCNC1c1cnsc1. The zero-order valence-corrected chi connectivity index (χ0v) is 8.73. The van der Waals surface area contributed by atoms with Crippen LogP contribution in [-0.2, 0) is 4.74 Å². The molecule has 1 aliphatic heterocycles. The standard InChI is InChI=1S/C9H14N2OS/c1-9(2)8(10-3-4-12-9)7-5-11-13-6-7/h5-6,8,10H,3-4H2,1-2H3. The molecule has 1 aromatic heterocycles. The summed E-state index contributed by atoms with van der Waals surface area (Å²) in [5.41, 5.74) is 1.11.